The van der Waals surface area contributed by atoms with E-state index in [-0.39, 0.29) is 23.9 Å². The van der Waals surface area contributed by atoms with Crippen LogP contribution in [0.5, 0.6) is 0 Å². The van der Waals surface area contributed by atoms with Gasteiger partial charge in [0.25, 0.3) is 5.91 Å². The number of carbonyl (C=O) groups is 1. The minimum atomic E-state index is -0.323. The van der Waals surface area contributed by atoms with E-state index in [9.17, 15) is 4.79 Å². The van der Waals surface area contributed by atoms with Crippen molar-refractivity contribution >= 4 is 5.91 Å². The van der Waals surface area contributed by atoms with Gasteiger partial charge in [0.05, 0.1) is 6.04 Å². The number of likely N-dealkylation sites (N-methyl/N-ethyl adjacent to an activating group) is 1. The molecule has 7 nitrogen and oxygen atoms in total. The Bertz CT molecular complexity index is 701. The van der Waals surface area contributed by atoms with Gasteiger partial charge in [0.2, 0.25) is 5.89 Å². The van der Waals surface area contributed by atoms with Gasteiger partial charge in [0, 0.05) is 25.2 Å². The molecule has 7 heteroatoms. The smallest absolute Gasteiger partial charge is 0.251 e. The largest absolute Gasteiger partial charge is 0.340 e. The minimum absolute atomic E-state index is 0.0869. The van der Waals surface area contributed by atoms with E-state index in [4.69, 9.17) is 4.52 Å². The molecule has 0 spiro atoms. The van der Waals surface area contributed by atoms with Gasteiger partial charge < -0.3 is 15.2 Å². The zero-order chi connectivity index (χ0) is 17.8. The number of benzene rings is 1. The van der Waals surface area contributed by atoms with Crippen LogP contribution in [0.15, 0.2) is 34.9 Å². The van der Waals surface area contributed by atoms with Gasteiger partial charge in [0.15, 0.2) is 5.82 Å². The molecule has 1 aliphatic rings. The number of piperazine rings is 1. The maximum Gasteiger partial charge on any atom is 0.251 e. The topological polar surface area (TPSA) is 83.3 Å². The maximum absolute atomic E-state index is 12.5. The van der Waals surface area contributed by atoms with Crippen molar-refractivity contribution in [2.24, 2.45) is 5.92 Å². The summed E-state index contributed by atoms with van der Waals surface area (Å²) in [6.45, 7) is 6.73. The maximum atomic E-state index is 12.5. The highest BCUT2D eigenvalue weighted by Crippen LogP contribution is 2.24. The number of amides is 1. The van der Waals surface area contributed by atoms with Crippen molar-refractivity contribution in [3.05, 3.63) is 47.6 Å². The summed E-state index contributed by atoms with van der Waals surface area (Å²) in [6, 6.07) is 8.91. The van der Waals surface area contributed by atoms with Gasteiger partial charge in [-0.15, -0.1) is 0 Å². The van der Waals surface area contributed by atoms with Crippen molar-refractivity contribution in [3.8, 4) is 0 Å². The lowest BCUT2D eigenvalue weighted by molar-refractivity contribution is 0.0914. The molecule has 1 aromatic carbocycles. The summed E-state index contributed by atoms with van der Waals surface area (Å²) in [7, 11) is 2.05. The van der Waals surface area contributed by atoms with Crippen molar-refractivity contribution in [2.45, 2.75) is 25.9 Å². The quantitative estimate of drug-likeness (QED) is 0.861. The first kappa shape index (κ1) is 17.6. The molecule has 2 unspecified atom stereocenters. The van der Waals surface area contributed by atoms with E-state index >= 15 is 0 Å². The van der Waals surface area contributed by atoms with Crippen molar-refractivity contribution in [3.63, 3.8) is 0 Å². The van der Waals surface area contributed by atoms with E-state index in [1.807, 2.05) is 32.0 Å². The summed E-state index contributed by atoms with van der Waals surface area (Å²) in [5.74, 6) is 1.09. The van der Waals surface area contributed by atoms with Crippen molar-refractivity contribution < 1.29 is 9.32 Å². The fourth-order valence-corrected chi connectivity index (χ4v) is 2.93. The normalized spacial score (nSPS) is 19.8. The highest BCUT2D eigenvalue weighted by atomic mass is 16.5. The average Bonchev–Trinajstić information content (AvgIpc) is 3.09. The Hall–Kier alpha value is -2.25. The molecule has 134 valence electrons. The molecule has 0 radical (unpaired) electrons. The van der Waals surface area contributed by atoms with E-state index in [2.05, 4.69) is 32.7 Å². The molecular formula is C18H25N5O2. The van der Waals surface area contributed by atoms with Crippen LogP contribution in [0.1, 0.15) is 48.0 Å². The zero-order valence-corrected chi connectivity index (χ0v) is 14.9. The molecule has 2 N–H and O–H groups in total. The highest BCUT2D eigenvalue weighted by molar-refractivity contribution is 5.94. The number of hydrogen-bond acceptors (Lipinski definition) is 6. The number of hydrogen-bond donors (Lipinski definition) is 2. The van der Waals surface area contributed by atoms with Gasteiger partial charge in [-0.1, -0.05) is 37.2 Å². The van der Waals surface area contributed by atoms with Gasteiger partial charge in [-0.25, -0.2) is 0 Å². The van der Waals surface area contributed by atoms with Gasteiger partial charge in [0.1, 0.15) is 6.04 Å². The lowest BCUT2D eigenvalue weighted by Crippen LogP contribution is -2.44. The van der Waals surface area contributed by atoms with Crippen LogP contribution < -0.4 is 10.6 Å². The summed E-state index contributed by atoms with van der Waals surface area (Å²) in [4.78, 5) is 19.3. The van der Waals surface area contributed by atoms with Gasteiger partial charge in [-0.05, 0) is 25.1 Å². The molecule has 3 rings (SSSR count). The summed E-state index contributed by atoms with van der Waals surface area (Å²) >= 11 is 0. The molecule has 2 heterocycles. The molecule has 0 aliphatic carbocycles. The predicted molar refractivity (Wildman–Crippen MR) is 94.0 cm³/mol. The summed E-state index contributed by atoms with van der Waals surface area (Å²) < 4.78 is 5.50. The SMILES string of the molecule is CC(C)C(NC(=O)c1ccccc1)c1nc(C2CNCCN2C)no1. The first-order valence-corrected chi connectivity index (χ1v) is 8.66. The Balaban J connectivity index is 1.76. The molecule has 1 saturated heterocycles. The first-order chi connectivity index (χ1) is 12.1. The molecule has 0 saturated carbocycles. The Kier molecular flexibility index (Phi) is 5.45. The number of nitrogens with one attached hydrogen (secondary N) is 2. The second kappa shape index (κ2) is 7.76. The third kappa shape index (κ3) is 4.05. The fourth-order valence-electron chi connectivity index (χ4n) is 2.93. The molecule has 25 heavy (non-hydrogen) atoms. The van der Waals surface area contributed by atoms with Gasteiger partial charge in [-0.2, -0.15) is 4.98 Å². The van der Waals surface area contributed by atoms with Crippen LogP contribution in [0.2, 0.25) is 0 Å². The molecule has 1 aromatic heterocycles. The summed E-state index contributed by atoms with van der Waals surface area (Å²) in [5.41, 5.74) is 0.615. The Morgan fingerprint density at radius 3 is 2.80 bits per heavy atom. The third-order valence-corrected chi connectivity index (χ3v) is 4.52. The number of rotatable bonds is 5. The Labute approximate surface area is 147 Å². The number of aromatic nitrogens is 2. The molecule has 1 aliphatic heterocycles. The van der Waals surface area contributed by atoms with Crippen molar-refractivity contribution in [1.29, 1.82) is 0 Å². The van der Waals surface area contributed by atoms with Gasteiger partial charge in [-0.3, -0.25) is 9.69 Å². The van der Waals surface area contributed by atoms with Crippen LogP contribution in [0.3, 0.4) is 0 Å². The third-order valence-electron chi connectivity index (χ3n) is 4.52. The molecule has 0 bridgehead atoms. The highest BCUT2D eigenvalue weighted by Gasteiger charge is 2.29. The lowest BCUT2D eigenvalue weighted by atomic mass is 10.0. The van der Waals surface area contributed by atoms with Crippen LogP contribution in [-0.2, 0) is 0 Å². The second-order valence-corrected chi connectivity index (χ2v) is 6.75. The van der Waals surface area contributed by atoms with Crippen molar-refractivity contribution in [1.82, 2.24) is 25.7 Å². The van der Waals surface area contributed by atoms with Crippen LogP contribution in [-0.4, -0.2) is 47.6 Å². The first-order valence-electron chi connectivity index (χ1n) is 8.66. The van der Waals surface area contributed by atoms with E-state index in [0.29, 0.717) is 17.3 Å². The monoisotopic (exact) mass is 343 g/mol. The van der Waals surface area contributed by atoms with Crippen LogP contribution in [0, 0.1) is 5.92 Å². The molecule has 1 amide bonds. The Morgan fingerprint density at radius 2 is 2.12 bits per heavy atom. The Morgan fingerprint density at radius 1 is 1.36 bits per heavy atom. The van der Waals surface area contributed by atoms with Crippen LogP contribution >= 0.6 is 0 Å². The van der Waals surface area contributed by atoms with Crippen molar-refractivity contribution in [2.75, 3.05) is 26.7 Å². The van der Waals surface area contributed by atoms with Crippen LogP contribution in [0.25, 0.3) is 0 Å². The predicted octanol–water partition coefficient (Wildman–Crippen LogP) is 1.77. The lowest BCUT2D eigenvalue weighted by Gasteiger charge is -2.30. The van der Waals surface area contributed by atoms with Crippen LogP contribution in [0.4, 0.5) is 0 Å². The van der Waals surface area contributed by atoms with Gasteiger partial charge >= 0.3 is 0 Å². The molecular weight excluding hydrogens is 318 g/mol. The number of carbonyl (C=O) groups excluding carboxylic acids is 1. The molecule has 2 aromatic rings. The zero-order valence-electron chi connectivity index (χ0n) is 14.9. The van der Waals surface area contributed by atoms with E-state index in [1.54, 1.807) is 12.1 Å². The minimum Gasteiger partial charge on any atom is -0.340 e. The van der Waals surface area contributed by atoms with E-state index < -0.39 is 0 Å². The number of nitrogens with zero attached hydrogens (tertiary/aromatic N) is 3. The van der Waals surface area contributed by atoms with E-state index in [0.717, 1.165) is 19.6 Å². The second-order valence-electron chi connectivity index (χ2n) is 6.75. The van der Waals surface area contributed by atoms with E-state index in [1.165, 1.54) is 0 Å². The summed E-state index contributed by atoms with van der Waals surface area (Å²) in [5, 5.41) is 10.5. The average molecular weight is 343 g/mol. The molecule has 1 fully saturated rings. The standard InChI is InChI=1S/C18H25N5O2/c1-12(2)15(20-17(24)13-7-5-4-6-8-13)18-21-16(22-25-18)14-11-19-9-10-23(14)3/h4-8,12,14-15,19H,9-11H2,1-3H3,(H,20,24). The fraction of sp³-hybridized carbons (Fsp3) is 0.500. The molecule has 2 atom stereocenters. The summed E-state index contributed by atoms with van der Waals surface area (Å²) in [6.07, 6.45) is 0.